The van der Waals surface area contributed by atoms with E-state index in [4.69, 9.17) is 4.52 Å². The maximum Gasteiger partial charge on any atom is 0.267 e. The number of hydrogen-bond donors (Lipinski definition) is 0. The fourth-order valence-corrected chi connectivity index (χ4v) is 1.97. The summed E-state index contributed by atoms with van der Waals surface area (Å²) in [6.45, 7) is 2.12. The molecule has 3 aromatic rings. The molecule has 1 aromatic carbocycles. The standard InChI is InChI=1S/C15H13N3O2/c1-11-9-13(17-20-11)10-18-15(19)8-7-14(16-18)12-5-3-2-4-6-12/h2-9H,10H2,1H3. The number of hydrogen-bond acceptors (Lipinski definition) is 4. The van der Waals surface area contributed by atoms with Crippen LogP contribution >= 0.6 is 0 Å². The van der Waals surface area contributed by atoms with Crippen LogP contribution in [0.3, 0.4) is 0 Å². The lowest BCUT2D eigenvalue weighted by atomic mass is 10.1. The molecular weight excluding hydrogens is 254 g/mol. The molecule has 2 aromatic heterocycles. The van der Waals surface area contributed by atoms with Gasteiger partial charge in [0, 0.05) is 17.7 Å². The van der Waals surface area contributed by atoms with Gasteiger partial charge in [-0.3, -0.25) is 4.79 Å². The van der Waals surface area contributed by atoms with Crippen LogP contribution in [0, 0.1) is 6.92 Å². The van der Waals surface area contributed by atoms with Crippen LogP contribution in [0.5, 0.6) is 0 Å². The van der Waals surface area contributed by atoms with Crippen molar-refractivity contribution in [1.82, 2.24) is 14.9 Å². The van der Waals surface area contributed by atoms with Crippen molar-refractivity contribution in [3.8, 4) is 11.3 Å². The summed E-state index contributed by atoms with van der Waals surface area (Å²) >= 11 is 0. The molecule has 5 heteroatoms. The Labute approximate surface area is 115 Å². The van der Waals surface area contributed by atoms with Gasteiger partial charge in [-0.25, -0.2) is 4.68 Å². The smallest absolute Gasteiger partial charge is 0.267 e. The highest BCUT2D eigenvalue weighted by Gasteiger charge is 2.06. The van der Waals surface area contributed by atoms with Gasteiger partial charge in [-0.05, 0) is 13.0 Å². The highest BCUT2D eigenvalue weighted by atomic mass is 16.5. The molecule has 3 rings (SSSR count). The quantitative estimate of drug-likeness (QED) is 0.730. The molecule has 0 saturated carbocycles. The summed E-state index contributed by atoms with van der Waals surface area (Å²) < 4.78 is 6.39. The summed E-state index contributed by atoms with van der Waals surface area (Å²) in [6.07, 6.45) is 0. The summed E-state index contributed by atoms with van der Waals surface area (Å²) in [5, 5.41) is 8.25. The molecule has 0 amide bonds. The molecule has 0 saturated heterocycles. The fourth-order valence-electron chi connectivity index (χ4n) is 1.97. The van der Waals surface area contributed by atoms with E-state index in [1.807, 2.05) is 37.3 Å². The van der Waals surface area contributed by atoms with Crippen molar-refractivity contribution in [3.05, 3.63) is 70.3 Å². The third kappa shape index (κ3) is 2.51. The molecule has 100 valence electrons. The van der Waals surface area contributed by atoms with Crippen LogP contribution < -0.4 is 5.56 Å². The fraction of sp³-hybridized carbons (Fsp3) is 0.133. The second-order valence-electron chi connectivity index (χ2n) is 4.51. The van der Waals surface area contributed by atoms with Crippen LogP contribution in [-0.4, -0.2) is 14.9 Å². The van der Waals surface area contributed by atoms with Crippen molar-refractivity contribution in [2.75, 3.05) is 0 Å². The van der Waals surface area contributed by atoms with Crippen LogP contribution in [0.15, 0.2) is 57.8 Å². The zero-order valence-electron chi connectivity index (χ0n) is 11.0. The maximum absolute atomic E-state index is 11.9. The average molecular weight is 267 g/mol. The zero-order chi connectivity index (χ0) is 13.9. The number of rotatable bonds is 3. The first-order valence-electron chi connectivity index (χ1n) is 6.28. The first-order chi connectivity index (χ1) is 9.72. The molecule has 0 bridgehead atoms. The molecule has 0 N–H and O–H groups in total. The lowest BCUT2D eigenvalue weighted by Crippen LogP contribution is -2.22. The minimum atomic E-state index is -0.162. The summed E-state index contributed by atoms with van der Waals surface area (Å²) in [6, 6.07) is 14.8. The topological polar surface area (TPSA) is 60.9 Å². The van der Waals surface area contributed by atoms with Crippen LogP contribution in [0.25, 0.3) is 11.3 Å². The van der Waals surface area contributed by atoms with E-state index < -0.39 is 0 Å². The molecular formula is C15H13N3O2. The lowest BCUT2D eigenvalue weighted by Gasteiger charge is -2.05. The van der Waals surface area contributed by atoms with Crippen molar-refractivity contribution in [1.29, 1.82) is 0 Å². The van der Waals surface area contributed by atoms with Gasteiger partial charge >= 0.3 is 0 Å². The highest BCUT2D eigenvalue weighted by molar-refractivity contribution is 5.57. The summed E-state index contributed by atoms with van der Waals surface area (Å²) in [4.78, 5) is 11.9. The van der Waals surface area contributed by atoms with E-state index in [-0.39, 0.29) is 5.56 Å². The zero-order valence-corrected chi connectivity index (χ0v) is 11.0. The minimum absolute atomic E-state index is 0.162. The predicted octanol–water partition coefficient (Wildman–Crippen LogP) is 2.26. The molecule has 0 aliphatic rings. The number of aryl methyl sites for hydroxylation is 1. The Bertz CT molecular complexity index is 775. The molecule has 0 radical (unpaired) electrons. The lowest BCUT2D eigenvalue weighted by molar-refractivity contribution is 0.387. The Hall–Kier alpha value is -2.69. The van der Waals surface area contributed by atoms with E-state index in [0.29, 0.717) is 18.0 Å². The highest BCUT2D eigenvalue weighted by Crippen LogP contribution is 2.14. The maximum atomic E-state index is 11.9. The van der Waals surface area contributed by atoms with E-state index in [1.165, 1.54) is 10.7 Å². The van der Waals surface area contributed by atoms with Crippen molar-refractivity contribution in [2.24, 2.45) is 0 Å². The molecule has 20 heavy (non-hydrogen) atoms. The van der Waals surface area contributed by atoms with Crippen molar-refractivity contribution in [3.63, 3.8) is 0 Å². The van der Waals surface area contributed by atoms with E-state index in [2.05, 4.69) is 10.3 Å². The predicted molar refractivity (Wildman–Crippen MR) is 74.3 cm³/mol. The third-order valence-electron chi connectivity index (χ3n) is 2.92. The molecule has 0 aliphatic heterocycles. The Morgan fingerprint density at radius 2 is 1.95 bits per heavy atom. The van der Waals surface area contributed by atoms with Gasteiger partial charge in [0.25, 0.3) is 5.56 Å². The number of benzene rings is 1. The molecule has 0 unspecified atom stereocenters. The summed E-state index contributed by atoms with van der Waals surface area (Å²) in [7, 11) is 0. The van der Waals surface area contributed by atoms with Gasteiger partial charge < -0.3 is 4.52 Å². The van der Waals surface area contributed by atoms with E-state index in [1.54, 1.807) is 12.1 Å². The summed E-state index contributed by atoms with van der Waals surface area (Å²) in [5.41, 5.74) is 2.25. The van der Waals surface area contributed by atoms with Gasteiger partial charge in [0.05, 0.1) is 12.2 Å². The monoisotopic (exact) mass is 267 g/mol. The Morgan fingerprint density at radius 3 is 2.65 bits per heavy atom. The number of nitrogens with zero attached hydrogens (tertiary/aromatic N) is 3. The van der Waals surface area contributed by atoms with Crippen molar-refractivity contribution >= 4 is 0 Å². The largest absolute Gasteiger partial charge is 0.361 e. The normalized spacial score (nSPS) is 10.7. The third-order valence-corrected chi connectivity index (χ3v) is 2.92. The number of aromatic nitrogens is 3. The van der Waals surface area contributed by atoms with E-state index >= 15 is 0 Å². The van der Waals surface area contributed by atoms with Gasteiger partial charge in [0.15, 0.2) is 0 Å². The molecule has 0 spiro atoms. The molecule has 0 aliphatic carbocycles. The van der Waals surface area contributed by atoms with Crippen molar-refractivity contribution < 1.29 is 4.52 Å². The van der Waals surface area contributed by atoms with Gasteiger partial charge in [-0.2, -0.15) is 5.10 Å². The van der Waals surface area contributed by atoms with Gasteiger partial charge in [0.1, 0.15) is 11.5 Å². The van der Waals surface area contributed by atoms with Gasteiger partial charge in [-0.15, -0.1) is 0 Å². The Kier molecular flexibility index (Phi) is 3.16. The minimum Gasteiger partial charge on any atom is -0.361 e. The van der Waals surface area contributed by atoms with Crippen LogP contribution in [-0.2, 0) is 6.54 Å². The van der Waals surface area contributed by atoms with Gasteiger partial charge in [0.2, 0.25) is 0 Å². The first kappa shape index (κ1) is 12.3. The van der Waals surface area contributed by atoms with Gasteiger partial charge in [-0.1, -0.05) is 35.5 Å². The van der Waals surface area contributed by atoms with Crippen molar-refractivity contribution in [2.45, 2.75) is 13.5 Å². The molecule has 5 nitrogen and oxygen atoms in total. The summed E-state index contributed by atoms with van der Waals surface area (Å²) in [5.74, 6) is 0.715. The first-order valence-corrected chi connectivity index (χ1v) is 6.28. The Balaban J connectivity index is 1.97. The van der Waals surface area contributed by atoms with Crippen LogP contribution in [0.4, 0.5) is 0 Å². The molecule has 2 heterocycles. The molecule has 0 atom stereocenters. The SMILES string of the molecule is Cc1cc(Cn2nc(-c3ccccc3)ccc2=O)no1. The average Bonchev–Trinajstić information content (AvgIpc) is 2.88. The molecule has 0 fully saturated rings. The second kappa shape index (κ2) is 5.13. The Morgan fingerprint density at radius 1 is 1.15 bits per heavy atom. The van der Waals surface area contributed by atoms with Crippen LogP contribution in [0.1, 0.15) is 11.5 Å². The van der Waals surface area contributed by atoms with E-state index in [9.17, 15) is 4.79 Å². The van der Waals surface area contributed by atoms with E-state index in [0.717, 1.165) is 11.3 Å². The second-order valence-corrected chi connectivity index (χ2v) is 4.51. The van der Waals surface area contributed by atoms with Crippen LogP contribution in [0.2, 0.25) is 0 Å².